The van der Waals surface area contributed by atoms with Gasteiger partial charge in [-0.2, -0.15) is 0 Å². The van der Waals surface area contributed by atoms with Crippen LogP contribution in [0.25, 0.3) is 17.1 Å². The minimum Gasteiger partial charge on any atom is -0.300 e. The fraction of sp³-hybridized carbons (Fsp3) is 0. The summed E-state index contributed by atoms with van der Waals surface area (Å²) in [5, 5.41) is 5.05. The third-order valence-corrected chi connectivity index (χ3v) is 4.13. The molecule has 0 spiro atoms. The van der Waals surface area contributed by atoms with E-state index in [9.17, 15) is 17.2 Å². The summed E-state index contributed by atoms with van der Waals surface area (Å²) in [6.45, 7) is 0. The molecule has 0 atom stereocenters. The van der Waals surface area contributed by atoms with Crippen LogP contribution >= 0.6 is 0 Å². The first-order valence-corrected chi connectivity index (χ1v) is 8.02. The third-order valence-electron chi connectivity index (χ3n) is 3.20. The Morgan fingerprint density at radius 2 is 1.61 bits per heavy atom. The number of sulfonamides is 1. The summed E-state index contributed by atoms with van der Waals surface area (Å²) < 4.78 is 50.9. The van der Waals surface area contributed by atoms with Crippen LogP contribution in [-0.4, -0.2) is 18.0 Å². The second-order valence-electron chi connectivity index (χ2n) is 4.82. The topological polar surface area (TPSA) is 78.0 Å². The van der Waals surface area contributed by atoms with Gasteiger partial charge in [-0.25, -0.2) is 27.3 Å². The minimum atomic E-state index is -3.79. The highest BCUT2D eigenvalue weighted by Crippen LogP contribution is 2.24. The fourth-order valence-electron chi connectivity index (χ4n) is 2.20. The van der Waals surface area contributed by atoms with Gasteiger partial charge in [-0.3, -0.25) is 4.57 Å². The number of rotatable bonds is 3. The summed E-state index contributed by atoms with van der Waals surface area (Å²) in [6.07, 6.45) is 3.08. The number of aromatic nitrogens is 2. The van der Waals surface area contributed by atoms with Crippen molar-refractivity contribution in [1.29, 1.82) is 0 Å². The van der Waals surface area contributed by atoms with Gasteiger partial charge in [0.2, 0.25) is 10.0 Å². The van der Waals surface area contributed by atoms with Crippen LogP contribution < -0.4 is 5.14 Å². The Kier molecular flexibility index (Phi) is 3.70. The normalized spacial score (nSPS) is 11.6. The summed E-state index contributed by atoms with van der Waals surface area (Å²) in [7, 11) is -3.79. The number of imidazole rings is 1. The molecular formula is C15H11F2N3O2S. The summed E-state index contributed by atoms with van der Waals surface area (Å²) in [6, 6.07) is 8.86. The number of benzene rings is 2. The summed E-state index contributed by atoms with van der Waals surface area (Å²) in [5.41, 5.74) is 0.845. The Morgan fingerprint density at radius 3 is 2.17 bits per heavy atom. The van der Waals surface area contributed by atoms with E-state index in [0.29, 0.717) is 11.5 Å². The van der Waals surface area contributed by atoms with Crippen molar-refractivity contribution in [3.05, 3.63) is 66.5 Å². The van der Waals surface area contributed by atoms with Crippen LogP contribution in [0.2, 0.25) is 0 Å². The number of halogens is 2. The Labute approximate surface area is 131 Å². The average Bonchev–Trinajstić information content (AvgIpc) is 2.95. The van der Waals surface area contributed by atoms with Crippen molar-refractivity contribution in [2.45, 2.75) is 4.90 Å². The first kappa shape index (κ1) is 15.3. The van der Waals surface area contributed by atoms with Crippen molar-refractivity contribution in [3.8, 4) is 17.1 Å². The van der Waals surface area contributed by atoms with Gasteiger partial charge < -0.3 is 0 Å². The molecule has 0 bridgehead atoms. The zero-order chi connectivity index (χ0) is 16.6. The lowest BCUT2D eigenvalue weighted by Gasteiger charge is -2.09. The predicted molar refractivity (Wildman–Crippen MR) is 80.3 cm³/mol. The molecule has 0 radical (unpaired) electrons. The molecule has 0 aliphatic carbocycles. The molecule has 23 heavy (non-hydrogen) atoms. The highest BCUT2D eigenvalue weighted by Gasteiger charge is 2.12. The van der Waals surface area contributed by atoms with Gasteiger partial charge in [0.15, 0.2) is 0 Å². The quantitative estimate of drug-likeness (QED) is 0.799. The highest BCUT2D eigenvalue weighted by atomic mass is 32.2. The monoisotopic (exact) mass is 335 g/mol. The maximum absolute atomic E-state index is 13.4. The smallest absolute Gasteiger partial charge is 0.238 e. The van der Waals surface area contributed by atoms with E-state index >= 15 is 0 Å². The first-order valence-electron chi connectivity index (χ1n) is 6.48. The van der Waals surface area contributed by atoms with Gasteiger partial charge in [-0.15, -0.1) is 0 Å². The molecule has 8 heteroatoms. The standard InChI is InChI=1S/C15H11F2N3O2S/c16-11-7-10(8-12(17)9-11)15-19-5-6-20(15)13-1-3-14(4-2-13)23(18,21)22/h1-9H,(H2,18,21,22). The van der Waals surface area contributed by atoms with Gasteiger partial charge in [0.05, 0.1) is 4.90 Å². The van der Waals surface area contributed by atoms with E-state index in [1.165, 1.54) is 42.6 Å². The average molecular weight is 335 g/mol. The van der Waals surface area contributed by atoms with Crippen LogP contribution in [0.1, 0.15) is 0 Å². The van der Waals surface area contributed by atoms with E-state index in [0.717, 1.165) is 6.07 Å². The van der Waals surface area contributed by atoms with Gasteiger partial charge >= 0.3 is 0 Å². The molecule has 0 aliphatic rings. The molecule has 1 aromatic heterocycles. The summed E-state index contributed by atoms with van der Waals surface area (Å²) >= 11 is 0. The van der Waals surface area contributed by atoms with E-state index in [-0.39, 0.29) is 10.5 Å². The molecule has 0 unspecified atom stereocenters. The van der Waals surface area contributed by atoms with Gasteiger partial charge in [-0.05, 0) is 36.4 Å². The molecular weight excluding hydrogens is 324 g/mol. The Bertz CT molecular complexity index is 946. The molecule has 2 aromatic carbocycles. The van der Waals surface area contributed by atoms with Crippen molar-refractivity contribution in [1.82, 2.24) is 9.55 Å². The SMILES string of the molecule is NS(=O)(=O)c1ccc(-n2ccnc2-c2cc(F)cc(F)c2)cc1. The number of nitrogens with two attached hydrogens (primary N) is 1. The van der Waals surface area contributed by atoms with Crippen molar-refractivity contribution in [2.75, 3.05) is 0 Å². The number of primary sulfonamides is 1. The van der Waals surface area contributed by atoms with Crippen molar-refractivity contribution >= 4 is 10.0 Å². The van der Waals surface area contributed by atoms with E-state index in [4.69, 9.17) is 5.14 Å². The van der Waals surface area contributed by atoms with Crippen molar-refractivity contribution in [2.24, 2.45) is 5.14 Å². The fourth-order valence-corrected chi connectivity index (χ4v) is 2.72. The first-order chi connectivity index (χ1) is 10.8. The van der Waals surface area contributed by atoms with Crippen LogP contribution in [0.5, 0.6) is 0 Å². The predicted octanol–water partition coefficient (Wildman–Crippen LogP) is 2.46. The lowest BCUT2D eigenvalue weighted by molar-refractivity contribution is 0.583. The van der Waals surface area contributed by atoms with Crippen LogP contribution in [0, 0.1) is 11.6 Å². The number of hydrogen-bond acceptors (Lipinski definition) is 3. The molecule has 5 nitrogen and oxygen atoms in total. The molecule has 0 saturated heterocycles. The molecule has 2 N–H and O–H groups in total. The van der Waals surface area contributed by atoms with Crippen molar-refractivity contribution in [3.63, 3.8) is 0 Å². The van der Waals surface area contributed by atoms with E-state index < -0.39 is 21.7 Å². The molecule has 0 saturated carbocycles. The van der Waals surface area contributed by atoms with Gasteiger partial charge in [0.25, 0.3) is 0 Å². The Morgan fingerprint density at radius 1 is 1.00 bits per heavy atom. The lowest BCUT2D eigenvalue weighted by atomic mass is 10.2. The van der Waals surface area contributed by atoms with Gasteiger partial charge in [-0.1, -0.05) is 0 Å². The van der Waals surface area contributed by atoms with Gasteiger partial charge in [0.1, 0.15) is 17.5 Å². The second kappa shape index (κ2) is 5.56. The third kappa shape index (κ3) is 3.13. The number of hydrogen-bond donors (Lipinski definition) is 1. The maximum atomic E-state index is 13.4. The van der Waals surface area contributed by atoms with E-state index in [2.05, 4.69) is 4.98 Å². The largest absolute Gasteiger partial charge is 0.300 e. The lowest BCUT2D eigenvalue weighted by Crippen LogP contribution is -2.12. The summed E-state index contributed by atoms with van der Waals surface area (Å²) in [5.74, 6) is -1.09. The van der Waals surface area contributed by atoms with E-state index in [1.807, 2.05) is 0 Å². The Balaban J connectivity index is 2.07. The van der Waals surface area contributed by atoms with Crippen LogP contribution in [0.15, 0.2) is 59.8 Å². The zero-order valence-corrected chi connectivity index (χ0v) is 12.5. The van der Waals surface area contributed by atoms with E-state index in [1.54, 1.807) is 10.8 Å². The molecule has 3 rings (SSSR count). The molecule has 0 aliphatic heterocycles. The molecule has 0 fully saturated rings. The van der Waals surface area contributed by atoms with Crippen LogP contribution in [0.3, 0.4) is 0 Å². The number of nitrogens with zero attached hydrogens (tertiary/aromatic N) is 2. The van der Waals surface area contributed by atoms with Crippen molar-refractivity contribution < 1.29 is 17.2 Å². The molecule has 3 aromatic rings. The maximum Gasteiger partial charge on any atom is 0.238 e. The summed E-state index contributed by atoms with van der Waals surface area (Å²) in [4.78, 5) is 4.07. The highest BCUT2D eigenvalue weighted by molar-refractivity contribution is 7.89. The van der Waals surface area contributed by atoms with Gasteiger partial charge in [0, 0.05) is 29.7 Å². The van der Waals surface area contributed by atoms with Crippen LogP contribution in [-0.2, 0) is 10.0 Å². The molecule has 118 valence electrons. The zero-order valence-electron chi connectivity index (χ0n) is 11.6. The molecule has 0 amide bonds. The van der Waals surface area contributed by atoms with Crippen LogP contribution in [0.4, 0.5) is 8.78 Å². The minimum absolute atomic E-state index is 0.0280. The molecule has 1 heterocycles. The Hall–Kier alpha value is -2.58. The second-order valence-corrected chi connectivity index (χ2v) is 6.38.